The third-order valence-electron chi connectivity index (χ3n) is 1.89. The molecule has 1 fully saturated rings. The van der Waals surface area contributed by atoms with Crippen LogP contribution in [0.15, 0.2) is 29.2 Å². The van der Waals surface area contributed by atoms with Crippen LogP contribution in [0, 0.1) is 0 Å². The molecular weight excluding hydrogens is 145 g/mol. The molecular formula is C8H8FNO. The highest BCUT2D eigenvalue weighted by Crippen LogP contribution is 2.37. The fourth-order valence-electron chi connectivity index (χ4n) is 1.15. The quantitative estimate of drug-likeness (QED) is 0.592. The third kappa shape index (κ3) is 1.06. The van der Waals surface area contributed by atoms with Gasteiger partial charge in [0.25, 0.3) is 5.56 Å². The van der Waals surface area contributed by atoms with Gasteiger partial charge in [-0.15, -0.1) is 0 Å². The Balaban J connectivity index is 2.39. The molecule has 1 aromatic rings. The fraction of sp³-hybridized carbons (Fsp3) is 0.375. The highest BCUT2D eigenvalue weighted by atomic mass is 19.1. The maximum Gasteiger partial charge on any atom is 0.250 e. The molecule has 0 spiro atoms. The van der Waals surface area contributed by atoms with E-state index in [1.54, 1.807) is 18.3 Å². The van der Waals surface area contributed by atoms with Gasteiger partial charge in [0.05, 0.1) is 6.04 Å². The van der Waals surface area contributed by atoms with E-state index in [1.807, 2.05) is 0 Å². The first-order valence-corrected chi connectivity index (χ1v) is 3.60. The van der Waals surface area contributed by atoms with Crippen LogP contribution in [0.1, 0.15) is 12.5 Å². The largest absolute Gasteiger partial charge is 0.309 e. The van der Waals surface area contributed by atoms with Crippen molar-refractivity contribution in [3.63, 3.8) is 0 Å². The Morgan fingerprint density at radius 3 is 2.82 bits per heavy atom. The molecule has 2 atom stereocenters. The molecule has 58 valence electrons. The second-order valence-electron chi connectivity index (χ2n) is 2.77. The van der Waals surface area contributed by atoms with Crippen LogP contribution in [0.5, 0.6) is 0 Å². The number of rotatable bonds is 1. The minimum atomic E-state index is -0.810. The molecule has 0 amide bonds. The van der Waals surface area contributed by atoms with E-state index >= 15 is 0 Å². The molecule has 1 heterocycles. The van der Waals surface area contributed by atoms with E-state index in [1.165, 1.54) is 10.6 Å². The Hall–Kier alpha value is -1.12. The van der Waals surface area contributed by atoms with Crippen LogP contribution in [0.2, 0.25) is 0 Å². The van der Waals surface area contributed by atoms with Crippen LogP contribution >= 0.6 is 0 Å². The van der Waals surface area contributed by atoms with E-state index in [2.05, 4.69) is 0 Å². The molecule has 2 nitrogen and oxygen atoms in total. The van der Waals surface area contributed by atoms with Gasteiger partial charge >= 0.3 is 0 Å². The molecule has 0 aromatic carbocycles. The van der Waals surface area contributed by atoms with Crippen LogP contribution in [0.25, 0.3) is 0 Å². The zero-order valence-corrected chi connectivity index (χ0v) is 5.90. The minimum Gasteiger partial charge on any atom is -0.309 e. The summed E-state index contributed by atoms with van der Waals surface area (Å²) in [5.74, 6) is 0. The number of hydrogen-bond donors (Lipinski definition) is 0. The van der Waals surface area contributed by atoms with Crippen LogP contribution in [-0.4, -0.2) is 10.7 Å². The van der Waals surface area contributed by atoms with E-state index < -0.39 is 6.17 Å². The van der Waals surface area contributed by atoms with Gasteiger partial charge in [0.2, 0.25) is 0 Å². The summed E-state index contributed by atoms with van der Waals surface area (Å²) in [6.45, 7) is 0. The van der Waals surface area contributed by atoms with E-state index in [0.717, 1.165) is 0 Å². The molecule has 11 heavy (non-hydrogen) atoms. The van der Waals surface area contributed by atoms with Crippen molar-refractivity contribution in [1.82, 2.24) is 4.57 Å². The first-order valence-electron chi connectivity index (χ1n) is 3.60. The number of halogens is 1. The molecule has 1 saturated carbocycles. The van der Waals surface area contributed by atoms with Gasteiger partial charge in [0.15, 0.2) is 0 Å². The summed E-state index contributed by atoms with van der Waals surface area (Å²) in [6, 6.07) is 4.66. The second kappa shape index (κ2) is 2.19. The summed E-state index contributed by atoms with van der Waals surface area (Å²) in [4.78, 5) is 11.0. The van der Waals surface area contributed by atoms with Gasteiger partial charge in [-0.1, -0.05) is 6.07 Å². The first-order chi connectivity index (χ1) is 5.29. The lowest BCUT2D eigenvalue weighted by Gasteiger charge is -1.99. The summed E-state index contributed by atoms with van der Waals surface area (Å²) in [7, 11) is 0. The van der Waals surface area contributed by atoms with Crippen molar-refractivity contribution in [3.05, 3.63) is 34.7 Å². The summed E-state index contributed by atoms with van der Waals surface area (Å²) in [5.41, 5.74) is -0.113. The molecule has 0 radical (unpaired) electrons. The van der Waals surface area contributed by atoms with Crippen molar-refractivity contribution in [2.24, 2.45) is 0 Å². The van der Waals surface area contributed by atoms with Crippen molar-refractivity contribution in [1.29, 1.82) is 0 Å². The molecule has 1 aromatic heterocycles. The van der Waals surface area contributed by atoms with E-state index in [9.17, 15) is 9.18 Å². The summed E-state index contributed by atoms with van der Waals surface area (Å²) >= 11 is 0. The van der Waals surface area contributed by atoms with Gasteiger partial charge in [-0.05, 0) is 6.07 Å². The lowest BCUT2D eigenvalue weighted by molar-refractivity contribution is 0.438. The minimum absolute atomic E-state index is 0.113. The van der Waals surface area contributed by atoms with Gasteiger partial charge in [-0.25, -0.2) is 4.39 Å². The Labute approximate surface area is 63.3 Å². The molecule has 1 aliphatic rings. The van der Waals surface area contributed by atoms with E-state index in [0.29, 0.717) is 6.42 Å². The predicted molar refractivity (Wildman–Crippen MR) is 39.3 cm³/mol. The Morgan fingerprint density at radius 2 is 2.27 bits per heavy atom. The van der Waals surface area contributed by atoms with Gasteiger partial charge in [0.1, 0.15) is 6.17 Å². The SMILES string of the molecule is O=c1ccccn1[C@@H]1C[C@@H]1F. The summed E-state index contributed by atoms with van der Waals surface area (Å²) in [6.07, 6.45) is 1.31. The van der Waals surface area contributed by atoms with E-state index in [-0.39, 0.29) is 11.6 Å². The van der Waals surface area contributed by atoms with Crippen molar-refractivity contribution in [2.75, 3.05) is 0 Å². The molecule has 0 saturated heterocycles. The topological polar surface area (TPSA) is 22.0 Å². The fourth-order valence-corrected chi connectivity index (χ4v) is 1.15. The maximum atomic E-state index is 12.5. The van der Waals surface area contributed by atoms with Gasteiger partial charge in [-0.3, -0.25) is 4.79 Å². The monoisotopic (exact) mass is 153 g/mol. The molecule has 0 unspecified atom stereocenters. The van der Waals surface area contributed by atoms with Crippen LogP contribution in [0.3, 0.4) is 0 Å². The lowest BCUT2D eigenvalue weighted by Crippen LogP contribution is -2.17. The molecule has 3 heteroatoms. The van der Waals surface area contributed by atoms with E-state index in [4.69, 9.17) is 0 Å². The first kappa shape index (κ1) is 6.58. The second-order valence-corrected chi connectivity index (χ2v) is 2.77. The van der Waals surface area contributed by atoms with Crippen molar-refractivity contribution in [3.8, 4) is 0 Å². The summed E-state index contributed by atoms with van der Waals surface area (Å²) < 4.78 is 13.9. The zero-order valence-electron chi connectivity index (χ0n) is 5.90. The lowest BCUT2D eigenvalue weighted by atomic mass is 10.4. The van der Waals surface area contributed by atoms with Crippen molar-refractivity contribution >= 4 is 0 Å². The van der Waals surface area contributed by atoms with Crippen LogP contribution in [0.4, 0.5) is 4.39 Å². The summed E-state index contributed by atoms with van der Waals surface area (Å²) in [5, 5.41) is 0. The molecule has 0 bridgehead atoms. The number of alkyl halides is 1. The normalized spacial score (nSPS) is 28.5. The van der Waals surface area contributed by atoms with Crippen LogP contribution < -0.4 is 5.56 Å². The standard InChI is InChI=1S/C8H8FNO/c9-6-5-7(6)10-4-2-1-3-8(10)11/h1-4,6-7H,5H2/t6-,7+/m0/s1. The highest BCUT2D eigenvalue weighted by Gasteiger charge is 2.39. The number of pyridine rings is 1. The third-order valence-corrected chi connectivity index (χ3v) is 1.89. The molecule has 1 aliphatic carbocycles. The smallest absolute Gasteiger partial charge is 0.250 e. The van der Waals surface area contributed by atoms with Gasteiger partial charge in [-0.2, -0.15) is 0 Å². The molecule has 0 aliphatic heterocycles. The predicted octanol–water partition coefficient (Wildman–Crippen LogP) is 1.13. The Kier molecular flexibility index (Phi) is 1.31. The number of hydrogen-bond acceptors (Lipinski definition) is 1. The maximum absolute atomic E-state index is 12.5. The average Bonchev–Trinajstić information content (AvgIpc) is 2.68. The van der Waals surface area contributed by atoms with Gasteiger partial charge in [0, 0.05) is 18.7 Å². The highest BCUT2D eigenvalue weighted by molar-refractivity contribution is 5.01. The van der Waals surface area contributed by atoms with Crippen molar-refractivity contribution < 1.29 is 4.39 Å². The molecule has 0 N–H and O–H groups in total. The van der Waals surface area contributed by atoms with Gasteiger partial charge < -0.3 is 4.57 Å². The molecule has 2 rings (SSSR count). The number of aromatic nitrogens is 1. The van der Waals surface area contributed by atoms with Crippen molar-refractivity contribution in [2.45, 2.75) is 18.6 Å². The van der Waals surface area contributed by atoms with Crippen LogP contribution in [-0.2, 0) is 0 Å². The zero-order chi connectivity index (χ0) is 7.84. The average molecular weight is 153 g/mol. The number of nitrogens with zero attached hydrogens (tertiary/aromatic N) is 1. The Morgan fingerprint density at radius 1 is 1.55 bits per heavy atom. The Bertz CT molecular complexity index is 320.